The molecule has 0 fully saturated rings. The number of benzene rings is 2. The Kier molecular flexibility index (Phi) is 6.65. The lowest BCUT2D eigenvalue weighted by Crippen LogP contribution is -2.24. The van der Waals surface area contributed by atoms with E-state index < -0.39 is 0 Å². The van der Waals surface area contributed by atoms with E-state index in [-0.39, 0.29) is 12.5 Å². The van der Waals surface area contributed by atoms with E-state index in [9.17, 15) is 4.79 Å². The summed E-state index contributed by atoms with van der Waals surface area (Å²) in [6.45, 7) is -0.156. The fourth-order valence-corrected chi connectivity index (χ4v) is 1.98. The monoisotopic (exact) mass is 344 g/mol. The third kappa shape index (κ3) is 5.42. The fourth-order valence-electron chi connectivity index (χ4n) is 1.98. The zero-order chi connectivity index (χ0) is 18.1. The molecule has 132 valence electrons. The zero-order valence-electron chi connectivity index (χ0n) is 14.3. The number of rotatable bonds is 8. The SMILES string of the molecule is COc1cccc(OCC(=O)NN=Cc2ccc(OC)c(OC)c2)c1. The molecule has 0 atom stereocenters. The van der Waals surface area contributed by atoms with Gasteiger partial charge in [-0.3, -0.25) is 4.79 Å². The minimum absolute atomic E-state index is 0.156. The van der Waals surface area contributed by atoms with Gasteiger partial charge in [-0.05, 0) is 35.9 Å². The van der Waals surface area contributed by atoms with E-state index in [1.807, 2.05) is 0 Å². The van der Waals surface area contributed by atoms with Crippen molar-refractivity contribution in [2.24, 2.45) is 5.10 Å². The maximum absolute atomic E-state index is 11.8. The first-order chi connectivity index (χ1) is 12.2. The van der Waals surface area contributed by atoms with E-state index in [0.717, 1.165) is 5.56 Å². The van der Waals surface area contributed by atoms with E-state index in [4.69, 9.17) is 18.9 Å². The predicted octanol–water partition coefficient (Wildman–Crippen LogP) is 2.24. The lowest BCUT2D eigenvalue weighted by atomic mass is 10.2. The third-order valence-corrected chi connectivity index (χ3v) is 3.22. The number of carbonyl (C=O) groups is 1. The van der Waals surface area contributed by atoms with Crippen LogP contribution in [0.15, 0.2) is 47.6 Å². The van der Waals surface area contributed by atoms with Crippen molar-refractivity contribution in [3.05, 3.63) is 48.0 Å². The molecule has 0 spiro atoms. The van der Waals surface area contributed by atoms with Crippen molar-refractivity contribution in [2.75, 3.05) is 27.9 Å². The second kappa shape index (κ2) is 9.17. The Labute approximate surface area is 146 Å². The number of hydrazone groups is 1. The van der Waals surface area contributed by atoms with E-state index >= 15 is 0 Å². The van der Waals surface area contributed by atoms with Crippen LogP contribution < -0.4 is 24.4 Å². The Morgan fingerprint density at radius 1 is 1.00 bits per heavy atom. The van der Waals surface area contributed by atoms with Crippen LogP contribution in [0.2, 0.25) is 0 Å². The summed E-state index contributed by atoms with van der Waals surface area (Å²) >= 11 is 0. The van der Waals surface area contributed by atoms with Crippen molar-refractivity contribution >= 4 is 12.1 Å². The molecule has 0 bridgehead atoms. The van der Waals surface area contributed by atoms with Crippen LogP contribution in [0.25, 0.3) is 0 Å². The van der Waals surface area contributed by atoms with Crippen LogP contribution in [0.3, 0.4) is 0 Å². The van der Waals surface area contributed by atoms with Crippen LogP contribution in [-0.2, 0) is 4.79 Å². The third-order valence-electron chi connectivity index (χ3n) is 3.22. The van der Waals surface area contributed by atoms with E-state index in [0.29, 0.717) is 23.0 Å². The highest BCUT2D eigenvalue weighted by Gasteiger charge is 2.04. The van der Waals surface area contributed by atoms with Crippen LogP contribution in [-0.4, -0.2) is 40.1 Å². The molecule has 1 amide bonds. The molecule has 1 N–H and O–H groups in total. The van der Waals surface area contributed by atoms with Gasteiger partial charge in [-0.25, -0.2) is 5.43 Å². The van der Waals surface area contributed by atoms with Crippen molar-refractivity contribution < 1.29 is 23.7 Å². The molecule has 0 radical (unpaired) electrons. The molecule has 0 aromatic heterocycles. The number of nitrogens with one attached hydrogen (secondary N) is 1. The lowest BCUT2D eigenvalue weighted by Gasteiger charge is -2.07. The Balaban J connectivity index is 1.85. The molecule has 0 saturated heterocycles. The number of ether oxygens (including phenoxy) is 4. The molecule has 0 aliphatic heterocycles. The summed E-state index contributed by atoms with van der Waals surface area (Å²) in [4.78, 5) is 11.8. The van der Waals surface area contributed by atoms with Crippen molar-refractivity contribution in [2.45, 2.75) is 0 Å². The molecule has 2 aromatic carbocycles. The van der Waals surface area contributed by atoms with E-state index in [1.165, 1.54) is 6.21 Å². The Morgan fingerprint density at radius 2 is 1.76 bits per heavy atom. The Bertz CT molecular complexity index is 746. The molecular weight excluding hydrogens is 324 g/mol. The highest BCUT2D eigenvalue weighted by molar-refractivity contribution is 5.83. The molecule has 7 nitrogen and oxygen atoms in total. The van der Waals surface area contributed by atoms with Gasteiger partial charge in [-0.2, -0.15) is 5.10 Å². The number of amides is 1. The first-order valence-corrected chi connectivity index (χ1v) is 7.47. The molecule has 0 unspecified atom stereocenters. The zero-order valence-corrected chi connectivity index (χ0v) is 14.3. The molecule has 2 rings (SSSR count). The highest BCUT2D eigenvalue weighted by Crippen LogP contribution is 2.26. The van der Waals surface area contributed by atoms with Crippen LogP contribution in [0, 0.1) is 0 Å². The maximum Gasteiger partial charge on any atom is 0.277 e. The average Bonchev–Trinajstić information content (AvgIpc) is 2.66. The normalized spacial score (nSPS) is 10.4. The lowest BCUT2D eigenvalue weighted by molar-refractivity contribution is -0.123. The predicted molar refractivity (Wildman–Crippen MR) is 93.8 cm³/mol. The van der Waals surface area contributed by atoms with E-state index in [1.54, 1.807) is 63.8 Å². The molecule has 25 heavy (non-hydrogen) atoms. The van der Waals surface area contributed by atoms with Gasteiger partial charge in [0.15, 0.2) is 18.1 Å². The van der Waals surface area contributed by atoms with Gasteiger partial charge in [0.25, 0.3) is 5.91 Å². The van der Waals surface area contributed by atoms with Gasteiger partial charge < -0.3 is 18.9 Å². The number of nitrogens with zero attached hydrogens (tertiary/aromatic N) is 1. The quantitative estimate of drug-likeness (QED) is 0.587. The summed E-state index contributed by atoms with van der Waals surface area (Å²) < 4.78 is 20.8. The smallest absolute Gasteiger partial charge is 0.277 e. The van der Waals surface area contributed by atoms with E-state index in [2.05, 4.69) is 10.5 Å². The first-order valence-electron chi connectivity index (χ1n) is 7.47. The average molecular weight is 344 g/mol. The van der Waals surface area contributed by atoms with Crippen molar-refractivity contribution in [3.8, 4) is 23.0 Å². The fraction of sp³-hybridized carbons (Fsp3) is 0.222. The summed E-state index contributed by atoms with van der Waals surface area (Å²) in [6.07, 6.45) is 1.51. The second-order valence-electron chi connectivity index (χ2n) is 4.88. The highest BCUT2D eigenvalue weighted by atomic mass is 16.5. The minimum atomic E-state index is -0.375. The summed E-state index contributed by atoms with van der Waals surface area (Å²) in [6, 6.07) is 12.3. The Hall–Kier alpha value is -3.22. The van der Waals surface area contributed by atoms with Crippen LogP contribution >= 0.6 is 0 Å². The molecule has 2 aromatic rings. The number of hydrogen-bond acceptors (Lipinski definition) is 6. The van der Waals surface area contributed by atoms with Gasteiger partial charge in [0, 0.05) is 6.07 Å². The standard InChI is InChI=1S/C18H20N2O5/c1-22-14-5-4-6-15(10-14)25-12-18(21)20-19-11-13-7-8-16(23-2)17(9-13)24-3/h4-11H,12H2,1-3H3,(H,20,21). The molecular formula is C18H20N2O5. The number of hydrogen-bond donors (Lipinski definition) is 1. The van der Waals surface area contributed by atoms with Crippen molar-refractivity contribution in [1.82, 2.24) is 5.43 Å². The Morgan fingerprint density at radius 3 is 2.48 bits per heavy atom. The van der Waals surface area contributed by atoms with Crippen molar-refractivity contribution in [1.29, 1.82) is 0 Å². The van der Waals surface area contributed by atoms with Crippen LogP contribution in [0.4, 0.5) is 0 Å². The van der Waals surface area contributed by atoms with Crippen molar-refractivity contribution in [3.63, 3.8) is 0 Å². The molecule has 0 aliphatic rings. The van der Waals surface area contributed by atoms with Gasteiger partial charge in [-0.1, -0.05) is 6.07 Å². The minimum Gasteiger partial charge on any atom is -0.497 e. The van der Waals surface area contributed by atoms with Gasteiger partial charge in [0.2, 0.25) is 0 Å². The van der Waals surface area contributed by atoms with Gasteiger partial charge in [0.05, 0.1) is 27.5 Å². The van der Waals surface area contributed by atoms with Crippen LogP contribution in [0.1, 0.15) is 5.56 Å². The molecule has 7 heteroatoms. The van der Waals surface area contributed by atoms with Gasteiger partial charge in [0.1, 0.15) is 11.5 Å². The number of carbonyl (C=O) groups excluding carboxylic acids is 1. The second-order valence-corrected chi connectivity index (χ2v) is 4.88. The summed E-state index contributed by atoms with van der Waals surface area (Å²) in [5.74, 6) is 2.02. The summed E-state index contributed by atoms with van der Waals surface area (Å²) in [5.41, 5.74) is 3.15. The molecule has 0 heterocycles. The number of methoxy groups -OCH3 is 3. The van der Waals surface area contributed by atoms with Gasteiger partial charge >= 0.3 is 0 Å². The largest absolute Gasteiger partial charge is 0.497 e. The summed E-state index contributed by atoms with van der Waals surface area (Å²) in [7, 11) is 4.68. The maximum atomic E-state index is 11.8. The summed E-state index contributed by atoms with van der Waals surface area (Å²) in [5, 5.41) is 3.89. The topological polar surface area (TPSA) is 78.4 Å². The molecule has 0 aliphatic carbocycles. The van der Waals surface area contributed by atoms with Gasteiger partial charge in [-0.15, -0.1) is 0 Å². The van der Waals surface area contributed by atoms with Crippen LogP contribution in [0.5, 0.6) is 23.0 Å². The molecule has 0 saturated carbocycles. The first kappa shape index (κ1) is 18.1.